The largest absolute Gasteiger partial charge is 0.471 e. The van der Waals surface area contributed by atoms with Gasteiger partial charge in [-0.05, 0) is 6.26 Å². The molecule has 0 spiro atoms. The highest BCUT2D eigenvalue weighted by atomic mass is 32.2. The van der Waals surface area contributed by atoms with Crippen LogP contribution in [0.2, 0.25) is 0 Å². The van der Waals surface area contributed by atoms with Crippen molar-refractivity contribution in [2.75, 3.05) is 25.3 Å². The number of aliphatic hydroxyl groups is 1. The Labute approximate surface area is 166 Å². The number of aromatic amines is 1. The van der Waals surface area contributed by atoms with Crippen molar-refractivity contribution in [2.24, 2.45) is 0 Å². The van der Waals surface area contributed by atoms with E-state index >= 15 is 0 Å². The Balaban J connectivity index is 2.16. The van der Waals surface area contributed by atoms with Crippen LogP contribution >= 0.6 is 11.8 Å². The Morgan fingerprint density at radius 3 is 2.86 bits per heavy atom. The molecule has 0 radical (unpaired) electrons. The summed E-state index contributed by atoms with van der Waals surface area (Å²) in [7, 11) is 0. The molecule has 1 fully saturated rings. The molecule has 1 unspecified atom stereocenters. The minimum Gasteiger partial charge on any atom is -0.394 e. The summed E-state index contributed by atoms with van der Waals surface area (Å²) in [6.45, 7) is -0.979. The molecule has 3 atom stereocenters. The van der Waals surface area contributed by atoms with Crippen molar-refractivity contribution in [1.82, 2.24) is 14.9 Å². The first kappa shape index (κ1) is 23.0. The van der Waals surface area contributed by atoms with E-state index in [0.717, 1.165) is 10.8 Å². The monoisotopic (exact) mass is 437 g/mol. The quantitative estimate of drug-likeness (QED) is 0.407. The summed E-state index contributed by atoms with van der Waals surface area (Å²) in [5.74, 6) is 2.72. The van der Waals surface area contributed by atoms with Crippen LogP contribution in [0.3, 0.4) is 0 Å². The van der Waals surface area contributed by atoms with E-state index in [1.165, 1.54) is 11.8 Å². The number of amides is 1. The van der Waals surface area contributed by atoms with Gasteiger partial charge in [0.1, 0.15) is 17.9 Å². The van der Waals surface area contributed by atoms with Gasteiger partial charge >= 0.3 is 17.8 Å². The van der Waals surface area contributed by atoms with Gasteiger partial charge in [-0.1, -0.05) is 11.8 Å². The number of aliphatic hydroxyl groups excluding tert-OH is 1. The van der Waals surface area contributed by atoms with Crippen LogP contribution in [-0.2, 0) is 14.3 Å². The zero-order valence-electron chi connectivity index (χ0n) is 15.1. The minimum atomic E-state index is -5.04. The minimum absolute atomic E-state index is 0.205. The van der Waals surface area contributed by atoms with E-state index in [-0.39, 0.29) is 18.6 Å². The number of thioether (sulfide) groups is 1. The third kappa shape index (κ3) is 6.10. The molecule has 29 heavy (non-hydrogen) atoms. The third-order valence-electron chi connectivity index (χ3n) is 3.86. The lowest BCUT2D eigenvalue weighted by Crippen LogP contribution is -2.37. The number of alkyl halides is 3. The Kier molecular flexibility index (Phi) is 7.91. The second-order valence-corrected chi connectivity index (χ2v) is 6.66. The predicted molar refractivity (Wildman–Crippen MR) is 96.1 cm³/mol. The fourth-order valence-corrected chi connectivity index (χ4v) is 2.83. The zero-order valence-corrected chi connectivity index (χ0v) is 15.9. The van der Waals surface area contributed by atoms with Gasteiger partial charge in [-0.3, -0.25) is 19.1 Å². The Morgan fingerprint density at radius 2 is 2.24 bits per heavy atom. The first-order valence-corrected chi connectivity index (χ1v) is 9.63. The molecule has 2 heterocycles. The number of nitrogens with one attached hydrogen (secondary N) is 2. The third-order valence-corrected chi connectivity index (χ3v) is 4.23. The van der Waals surface area contributed by atoms with Crippen LogP contribution in [0.15, 0.2) is 15.8 Å². The number of hydrogen-bond acceptors (Lipinski definition) is 7. The van der Waals surface area contributed by atoms with Crippen molar-refractivity contribution in [2.45, 2.75) is 31.0 Å². The Hall–Kier alpha value is -2.27. The fraction of sp³-hybridized carbons (Fsp3) is 0.562. The van der Waals surface area contributed by atoms with Gasteiger partial charge in [0.25, 0.3) is 5.56 Å². The van der Waals surface area contributed by atoms with Crippen molar-refractivity contribution in [3.63, 3.8) is 0 Å². The van der Waals surface area contributed by atoms with E-state index in [0.29, 0.717) is 5.94 Å². The molecule has 1 aromatic heterocycles. The summed E-state index contributed by atoms with van der Waals surface area (Å²) in [5, 5.41) is 11.0. The predicted octanol–water partition coefficient (Wildman–Crippen LogP) is -0.448. The van der Waals surface area contributed by atoms with Gasteiger partial charge in [-0.15, -0.1) is 11.8 Å². The van der Waals surface area contributed by atoms with Crippen molar-refractivity contribution >= 4 is 17.7 Å². The Morgan fingerprint density at radius 1 is 1.52 bits per heavy atom. The highest BCUT2D eigenvalue weighted by Gasteiger charge is 2.38. The van der Waals surface area contributed by atoms with Crippen LogP contribution in [0.4, 0.5) is 13.2 Å². The molecule has 1 amide bonds. The lowest BCUT2D eigenvalue weighted by atomic mass is 10.2. The summed E-state index contributed by atoms with van der Waals surface area (Å²) < 4.78 is 48.5. The number of rotatable bonds is 6. The van der Waals surface area contributed by atoms with E-state index in [9.17, 15) is 32.7 Å². The molecule has 1 aliphatic heterocycles. The average molecular weight is 437 g/mol. The molecule has 13 heteroatoms. The van der Waals surface area contributed by atoms with Crippen LogP contribution < -0.4 is 16.6 Å². The fourth-order valence-electron chi connectivity index (χ4n) is 2.52. The van der Waals surface area contributed by atoms with Crippen LogP contribution in [-0.4, -0.2) is 64.3 Å². The summed E-state index contributed by atoms with van der Waals surface area (Å²) in [6, 6.07) is 0. The van der Waals surface area contributed by atoms with E-state index < -0.39 is 48.3 Å². The number of aromatic nitrogens is 2. The van der Waals surface area contributed by atoms with Gasteiger partial charge in [-0.2, -0.15) is 13.2 Å². The van der Waals surface area contributed by atoms with Gasteiger partial charge in [-0.25, -0.2) is 4.79 Å². The first-order valence-electron chi connectivity index (χ1n) is 8.23. The topological polar surface area (TPSA) is 123 Å². The zero-order chi connectivity index (χ0) is 21.6. The van der Waals surface area contributed by atoms with Crippen LogP contribution in [0.5, 0.6) is 0 Å². The molecule has 2 rings (SSSR count). The van der Waals surface area contributed by atoms with Gasteiger partial charge < -0.3 is 19.9 Å². The number of H-pyrrole nitrogens is 1. The molecule has 9 nitrogen and oxygen atoms in total. The maximum absolute atomic E-state index is 12.1. The standard InChI is InChI=1S/C16H18F3N3O6S/c1-29-8-27-10-5-12(28-11(10)7-23)22-6-9(13(24)21-15(22)26)3-2-4-20-14(25)16(17,18)19/h6,10-12,23H,4-5,7-8H2,1H3,(H,20,25)(H,21,24,26)/t10?,11-,12-/m1/s1. The first-order chi connectivity index (χ1) is 13.7. The lowest BCUT2D eigenvalue weighted by Gasteiger charge is -2.15. The molecule has 0 aromatic carbocycles. The summed E-state index contributed by atoms with van der Waals surface area (Å²) >= 11 is 1.43. The molecule has 160 valence electrons. The SMILES string of the molecule is CSCOC1C[C@H](n2cc(C#CCNC(=O)C(F)(F)F)c(=O)[nH]c2=O)O[C@@H]1CO. The molecular formula is C16H18F3N3O6S. The number of halogens is 3. The number of nitrogens with zero attached hydrogens (tertiary/aromatic N) is 1. The number of carbonyl (C=O) groups is 1. The summed E-state index contributed by atoms with van der Waals surface area (Å²) in [4.78, 5) is 36.7. The van der Waals surface area contributed by atoms with Crippen LogP contribution in [0.25, 0.3) is 0 Å². The van der Waals surface area contributed by atoms with Gasteiger partial charge in [0.2, 0.25) is 0 Å². The van der Waals surface area contributed by atoms with E-state index in [2.05, 4.69) is 11.8 Å². The van der Waals surface area contributed by atoms with Crippen LogP contribution in [0.1, 0.15) is 18.2 Å². The van der Waals surface area contributed by atoms with Crippen molar-refractivity contribution < 1.29 is 32.5 Å². The molecule has 3 N–H and O–H groups in total. The molecule has 1 aromatic rings. The molecule has 0 aliphatic carbocycles. The van der Waals surface area contributed by atoms with E-state index in [4.69, 9.17) is 9.47 Å². The molecular weight excluding hydrogens is 419 g/mol. The highest BCUT2D eigenvalue weighted by molar-refractivity contribution is 7.98. The smallest absolute Gasteiger partial charge is 0.394 e. The van der Waals surface area contributed by atoms with Gasteiger partial charge in [0.05, 0.1) is 25.2 Å². The summed E-state index contributed by atoms with van der Waals surface area (Å²) in [5.41, 5.74) is -1.82. The van der Waals surface area contributed by atoms with E-state index in [1.54, 1.807) is 5.32 Å². The molecule has 1 aliphatic rings. The van der Waals surface area contributed by atoms with Crippen LogP contribution in [0, 0.1) is 11.8 Å². The molecule has 0 saturated carbocycles. The molecule has 1 saturated heterocycles. The van der Waals surface area contributed by atoms with Gasteiger partial charge in [0.15, 0.2) is 0 Å². The summed E-state index contributed by atoms with van der Waals surface area (Å²) in [6.07, 6.45) is -3.85. The second kappa shape index (κ2) is 9.97. The Bertz CT molecular complexity index is 904. The van der Waals surface area contributed by atoms with Gasteiger partial charge in [0, 0.05) is 12.6 Å². The van der Waals surface area contributed by atoms with Crippen molar-refractivity contribution in [3.05, 3.63) is 32.6 Å². The van der Waals surface area contributed by atoms with Crippen molar-refractivity contribution in [1.29, 1.82) is 0 Å². The maximum atomic E-state index is 12.1. The number of carbonyl (C=O) groups excluding carboxylic acids is 1. The number of ether oxygens (including phenoxy) is 2. The van der Waals surface area contributed by atoms with E-state index in [1.807, 2.05) is 11.2 Å². The second-order valence-electron chi connectivity index (χ2n) is 5.85. The lowest BCUT2D eigenvalue weighted by molar-refractivity contribution is -0.173. The average Bonchev–Trinajstić information content (AvgIpc) is 3.06. The highest BCUT2D eigenvalue weighted by Crippen LogP contribution is 2.30. The number of hydrogen-bond donors (Lipinski definition) is 3. The van der Waals surface area contributed by atoms with Crippen molar-refractivity contribution in [3.8, 4) is 11.8 Å². The maximum Gasteiger partial charge on any atom is 0.471 e. The molecule has 0 bridgehead atoms. The normalized spacial score (nSPS) is 21.5.